The van der Waals surface area contributed by atoms with Gasteiger partial charge in [0.2, 0.25) is 0 Å². The summed E-state index contributed by atoms with van der Waals surface area (Å²) in [6.45, 7) is 7.09. The van der Waals surface area contributed by atoms with Gasteiger partial charge in [-0.3, -0.25) is 0 Å². The molecule has 21 heavy (non-hydrogen) atoms. The van der Waals surface area contributed by atoms with Gasteiger partial charge in [-0.05, 0) is 45.0 Å². The van der Waals surface area contributed by atoms with Crippen molar-refractivity contribution in [1.29, 1.82) is 5.26 Å². The minimum absolute atomic E-state index is 0.135. The van der Waals surface area contributed by atoms with Crippen molar-refractivity contribution in [2.45, 2.75) is 33.2 Å². The molecule has 1 N–H and O–H groups in total. The van der Waals surface area contributed by atoms with Gasteiger partial charge in [0, 0.05) is 0 Å². The van der Waals surface area contributed by atoms with Gasteiger partial charge in [0.25, 0.3) is 0 Å². The zero-order valence-corrected chi connectivity index (χ0v) is 13.1. The molecule has 2 rings (SSSR count). The Balaban J connectivity index is 2.34. The molecule has 0 saturated carbocycles. The quantitative estimate of drug-likeness (QED) is 0.921. The molecule has 0 spiro atoms. The molecule has 1 unspecified atom stereocenters. The van der Waals surface area contributed by atoms with Crippen molar-refractivity contribution in [2.24, 2.45) is 0 Å². The van der Waals surface area contributed by atoms with Crippen LogP contribution < -0.4 is 5.32 Å². The molecule has 0 saturated heterocycles. The summed E-state index contributed by atoms with van der Waals surface area (Å²) in [5.74, 6) is 0. The van der Waals surface area contributed by atoms with E-state index in [0.717, 1.165) is 30.0 Å². The van der Waals surface area contributed by atoms with Gasteiger partial charge in [0.15, 0.2) is 0 Å². The average Bonchev–Trinajstić information content (AvgIpc) is 2.86. The summed E-state index contributed by atoms with van der Waals surface area (Å²) in [6.07, 6.45) is 1.07. The molecule has 0 bridgehead atoms. The van der Waals surface area contributed by atoms with Crippen LogP contribution in [0.4, 0.5) is 0 Å². The van der Waals surface area contributed by atoms with Gasteiger partial charge in [-0.2, -0.15) is 5.26 Å². The third kappa shape index (κ3) is 3.23. The van der Waals surface area contributed by atoms with Crippen LogP contribution in [0.3, 0.4) is 0 Å². The van der Waals surface area contributed by atoms with Crippen molar-refractivity contribution in [1.82, 2.24) is 20.3 Å². The molecule has 1 heterocycles. The molecule has 0 amide bonds. The van der Waals surface area contributed by atoms with E-state index in [1.807, 2.05) is 6.92 Å². The van der Waals surface area contributed by atoms with Crippen LogP contribution >= 0.6 is 11.6 Å². The standard InChI is InChI=1S/C15H18ClN5/c1-4-7-18-10(2)15-11(3)21(20-19-15)14-6-5-12(9-17)8-13(14)16/h5-6,8,10,18H,4,7H2,1-3H3. The van der Waals surface area contributed by atoms with Gasteiger partial charge in [-0.15, -0.1) is 5.10 Å². The summed E-state index contributed by atoms with van der Waals surface area (Å²) in [4.78, 5) is 0. The normalized spacial score (nSPS) is 12.1. The van der Waals surface area contributed by atoms with Crippen molar-refractivity contribution in [2.75, 3.05) is 6.54 Å². The first-order chi connectivity index (χ1) is 10.1. The monoisotopic (exact) mass is 303 g/mol. The summed E-state index contributed by atoms with van der Waals surface area (Å²) in [6, 6.07) is 7.35. The number of nitrogens with one attached hydrogen (secondary N) is 1. The van der Waals surface area contributed by atoms with Gasteiger partial charge < -0.3 is 5.32 Å². The molecule has 0 aliphatic heterocycles. The van der Waals surface area contributed by atoms with Crippen molar-refractivity contribution >= 4 is 11.6 Å². The van der Waals surface area contributed by atoms with Gasteiger partial charge in [-0.25, -0.2) is 4.68 Å². The molecule has 5 nitrogen and oxygen atoms in total. The van der Waals surface area contributed by atoms with Crippen LogP contribution in [0.15, 0.2) is 18.2 Å². The molecule has 6 heteroatoms. The molecular weight excluding hydrogens is 286 g/mol. The van der Waals surface area contributed by atoms with Crippen LogP contribution in [0, 0.1) is 18.3 Å². The highest BCUT2D eigenvalue weighted by molar-refractivity contribution is 6.32. The predicted octanol–water partition coefficient (Wildman–Crippen LogP) is 3.16. The maximum Gasteiger partial charge on any atom is 0.103 e. The first-order valence-corrected chi connectivity index (χ1v) is 7.31. The van der Waals surface area contributed by atoms with Gasteiger partial charge in [-0.1, -0.05) is 23.7 Å². The zero-order valence-electron chi connectivity index (χ0n) is 12.4. The molecule has 0 aliphatic carbocycles. The third-order valence-corrected chi connectivity index (χ3v) is 3.65. The summed E-state index contributed by atoms with van der Waals surface area (Å²) < 4.78 is 1.71. The highest BCUT2D eigenvalue weighted by Crippen LogP contribution is 2.24. The maximum absolute atomic E-state index is 8.89. The van der Waals surface area contributed by atoms with Crippen LogP contribution in [0.25, 0.3) is 5.69 Å². The number of halogens is 1. The number of rotatable bonds is 5. The largest absolute Gasteiger partial charge is 0.309 e. The van der Waals surface area contributed by atoms with E-state index >= 15 is 0 Å². The summed E-state index contributed by atoms with van der Waals surface area (Å²) in [7, 11) is 0. The Morgan fingerprint density at radius 1 is 1.48 bits per heavy atom. The fraction of sp³-hybridized carbons (Fsp3) is 0.400. The first-order valence-electron chi connectivity index (χ1n) is 6.94. The van der Waals surface area contributed by atoms with Crippen LogP contribution in [0.2, 0.25) is 5.02 Å². The number of aromatic nitrogens is 3. The Morgan fingerprint density at radius 2 is 2.24 bits per heavy atom. The van der Waals surface area contributed by atoms with E-state index in [9.17, 15) is 0 Å². The second-order valence-corrected chi connectivity index (χ2v) is 5.33. The average molecular weight is 304 g/mol. The van der Waals surface area contributed by atoms with Gasteiger partial charge in [0.1, 0.15) is 5.69 Å². The lowest BCUT2D eigenvalue weighted by molar-refractivity contribution is 0.555. The van der Waals surface area contributed by atoms with Gasteiger partial charge in [0.05, 0.1) is 34.1 Å². The van der Waals surface area contributed by atoms with E-state index in [0.29, 0.717) is 10.6 Å². The first kappa shape index (κ1) is 15.5. The molecule has 2 aromatic rings. The number of hydrogen-bond donors (Lipinski definition) is 1. The topological polar surface area (TPSA) is 66.5 Å². The molecule has 110 valence electrons. The molecule has 1 atom stereocenters. The molecule has 1 aromatic carbocycles. The Hall–Kier alpha value is -1.90. The van der Waals surface area contributed by atoms with E-state index in [-0.39, 0.29) is 6.04 Å². The van der Waals surface area contributed by atoms with Crippen LogP contribution in [-0.4, -0.2) is 21.5 Å². The Labute approximate surface area is 129 Å². The van der Waals surface area contributed by atoms with Crippen molar-refractivity contribution in [3.63, 3.8) is 0 Å². The van der Waals surface area contributed by atoms with Crippen LogP contribution in [0.5, 0.6) is 0 Å². The number of hydrogen-bond acceptors (Lipinski definition) is 4. The maximum atomic E-state index is 8.89. The van der Waals surface area contributed by atoms with E-state index in [2.05, 4.69) is 35.5 Å². The summed E-state index contributed by atoms with van der Waals surface area (Å²) >= 11 is 6.23. The van der Waals surface area contributed by atoms with E-state index in [4.69, 9.17) is 16.9 Å². The fourth-order valence-corrected chi connectivity index (χ4v) is 2.44. The fourth-order valence-electron chi connectivity index (χ4n) is 2.18. The second-order valence-electron chi connectivity index (χ2n) is 4.93. The predicted molar refractivity (Wildman–Crippen MR) is 82.5 cm³/mol. The van der Waals surface area contributed by atoms with Gasteiger partial charge >= 0.3 is 0 Å². The molecule has 0 fully saturated rings. The minimum Gasteiger partial charge on any atom is -0.309 e. The van der Waals surface area contributed by atoms with Crippen LogP contribution in [0.1, 0.15) is 43.3 Å². The van der Waals surface area contributed by atoms with Crippen molar-refractivity contribution in [3.8, 4) is 11.8 Å². The zero-order chi connectivity index (χ0) is 15.4. The van der Waals surface area contributed by atoms with E-state index < -0.39 is 0 Å². The highest BCUT2D eigenvalue weighted by Gasteiger charge is 2.17. The third-order valence-electron chi connectivity index (χ3n) is 3.35. The Bertz CT molecular complexity index is 671. The van der Waals surface area contributed by atoms with Crippen molar-refractivity contribution in [3.05, 3.63) is 40.2 Å². The lowest BCUT2D eigenvalue weighted by atomic mass is 10.2. The summed E-state index contributed by atoms with van der Waals surface area (Å²) in [5, 5.41) is 21.2. The smallest absolute Gasteiger partial charge is 0.103 e. The highest BCUT2D eigenvalue weighted by atomic mass is 35.5. The lowest BCUT2D eigenvalue weighted by Gasteiger charge is -2.12. The number of benzene rings is 1. The Morgan fingerprint density at radius 3 is 2.86 bits per heavy atom. The second kappa shape index (κ2) is 6.70. The SMILES string of the molecule is CCCNC(C)c1nnn(-c2ccc(C#N)cc2Cl)c1C. The summed E-state index contributed by atoms with van der Waals surface area (Å²) in [5.41, 5.74) is 3.11. The van der Waals surface area contributed by atoms with Crippen LogP contribution in [-0.2, 0) is 0 Å². The molecule has 0 aliphatic rings. The lowest BCUT2D eigenvalue weighted by Crippen LogP contribution is -2.20. The molecular formula is C15H18ClN5. The minimum atomic E-state index is 0.135. The Kier molecular flexibility index (Phi) is 4.94. The van der Waals surface area contributed by atoms with E-state index in [1.54, 1.807) is 22.9 Å². The van der Waals surface area contributed by atoms with E-state index in [1.165, 1.54) is 0 Å². The number of nitrogens with zero attached hydrogens (tertiary/aromatic N) is 4. The molecule has 0 radical (unpaired) electrons. The van der Waals surface area contributed by atoms with Crippen molar-refractivity contribution < 1.29 is 0 Å². The number of nitriles is 1. The molecule has 1 aromatic heterocycles.